The summed E-state index contributed by atoms with van der Waals surface area (Å²) in [7, 11) is 3.91. The average Bonchev–Trinajstić information content (AvgIpc) is 3.37. The van der Waals surface area contributed by atoms with E-state index in [1.54, 1.807) is 23.1 Å². The maximum atomic E-state index is 14.7. The lowest BCUT2D eigenvalue weighted by Gasteiger charge is -2.40. The lowest BCUT2D eigenvalue weighted by atomic mass is 9.92. The Kier molecular flexibility index (Phi) is 8.66. The second-order valence-electron chi connectivity index (χ2n) is 9.93. The highest BCUT2D eigenvalue weighted by Crippen LogP contribution is 2.38. The van der Waals surface area contributed by atoms with Gasteiger partial charge in [0.25, 0.3) is 0 Å². The quantitative estimate of drug-likeness (QED) is 0.293. The predicted octanol–water partition coefficient (Wildman–Crippen LogP) is 5.37. The number of hydrogen-bond acceptors (Lipinski definition) is 6. The van der Waals surface area contributed by atoms with Crippen LogP contribution in [-0.4, -0.2) is 52.1 Å². The molecule has 0 saturated heterocycles. The van der Waals surface area contributed by atoms with Gasteiger partial charge in [-0.2, -0.15) is 0 Å². The van der Waals surface area contributed by atoms with Gasteiger partial charge in [0.15, 0.2) is 5.16 Å². The summed E-state index contributed by atoms with van der Waals surface area (Å²) in [6, 6.07) is 15.8. The Hall–Kier alpha value is -3.46. The van der Waals surface area contributed by atoms with E-state index in [2.05, 4.69) is 15.3 Å². The average molecular weight is 536 g/mol. The van der Waals surface area contributed by atoms with Crippen LogP contribution in [0.1, 0.15) is 42.6 Å². The van der Waals surface area contributed by atoms with E-state index in [9.17, 15) is 14.0 Å². The number of anilines is 2. The van der Waals surface area contributed by atoms with Crippen molar-refractivity contribution in [2.75, 3.05) is 30.1 Å². The molecule has 0 radical (unpaired) electrons. The molecule has 4 rings (SSSR count). The molecule has 7 nitrogen and oxygen atoms in total. The Balaban J connectivity index is 1.63. The van der Waals surface area contributed by atoms with Crippen LogP contribution >= 0.6 is 11.8 Å². The van der Waals surface area contributed by atoms with Crippen LogP contribution in [-0.2, 0) is 16.1 Å². The fraction of sp³-hybridized carbons (Fsp3) is 0.379. The van der Waals surface area contributed by atoms with Crippen LogP contribution in [0.15, 0.2) is 59.8 Å². The Morgan fingerprint density at radius 2 is 1.63 bits per heavy atom. The molecule has 0 spiro atoms. The zero-order valence-electron chi connectivity index (χ0n) is 22.3. The van der Waals surface area contributed by atoms with E-state index in [1.807, 2.05) is 63.2 Å². The van der Waals surface area contributed by atoms with E-state index < -0.39 is 11.4 Å². The van der Waals surface area contributed by atoms with Crippen LogP contribution < -0.4 is 10.2 Å². The minimum Gasteiger partial charge on any atom is -0.378 e. The minimum absolute atomic E-state index is 0.00670. The van der Waals surface area contributed by atoms with E-state index in [1.165, 1.54) is 17.8 Å². The molecule has 2 aromatic carbocycles. The van der Waals surface area contributed by atoms with Crippen molar-refractivity contribution in [3.05, 3.63) is 77.4 Å². The summed E-state index contributed by atoms with van der Waals surface area (Å²) in [5, 5.41) is 3.55. The summed E-state index contributed by atoms with van der Waals surface area (Å²) >= 11 is 1.23. The van der Waals surface area contributed by atoms with Gasteiger partial charge >= 0.3 is 0 Å². The number of carbonyl (C=O) groups excluding carboxylic acids is 2. The highest BCUT2D eigenvalue weighted by Gasteiger charge is 2.48. The molecule has 1 heterocycles. The molecular formula is C29H34FN5O2S. The zero-order chi connectivity index (χ0) is 27.3. The third-order valence-corrected chi connectivity index (χ3v) is 7.72. The molecule has 1 saturated carbocycles. The van der Waals surface area contributed by atoms with E-state index >= 15 is 0 Å². The normalized spacial score (nSPS) is 14.2. The summed E-state index contributed by atoms with van der Waals surface area (Å²) in [6.45, 7) is 3.77. The first kappa shape index (κ1) is 27.6. The van der Waals surface area contributed by atoms with Crippen LogP contribution in [0.3, 0.4) is 0 Å². The molecular weight excluding hydrogens is 501 g/mol. The van der Waals surface area contributed by atoms with Crippen molar-refractivity contribution in [2.45, 2.75) is 56.8 Å². The van der Waals surface area contributed by atoms with Crippen molar-refractivity contribution in [3.8, 4) is 0 Å². The second kappa shape index (κ2) is 11.9. The van der Waals surface area contributed by atoms with Crippen LogP contribution in [0.2, 0.25) is 0 Å². The molecule has 0 bridgehead atoms. The molecule has 38 heavy (non-hydrogen) atoms. The number of amides is 2. The van der Waals surface area contributed by atoms with Crippen molar-refractivity contribution in [1.29, 1.82) is 0 Å². The maximum absolute atomic E-state index is 14.7. The number of carbonyl (C=O) groups is 2. The largest absolute Gasteiger partial charge is 0.378 e. The van der Waals surface area contributed by atoms with Gasteiger partial charge in [-0.15, -0.1) is 0 Å². The van der Waals surface area contributed by atoms with Crippen LogP contribution in [0.4, 0.5) is 15.8 Å². The highest BCUT2D eigenvalue weighted by atomic mass is 32.2. The SMILES string of the molecule is Cc1cc(C)nc(SCC(=O)N(Cc2ccccc2F)C2(C(=O)Nc3ccc(N(C)C)cc3)CCCC2)n1. The first-order valence-corrected chi connectivity index (χ1v) is 13.7. The molecule has 1 fully saturated rings. The maximum Gasteiger partial charge on any atom is 0.250 e. The molecule has 0 aliphatic heterocycles. The number of hydrogen-bond donors (Lipinski definition) is 1. The summed E-state index contributed by atoms with van der Waals surface area (Å²) < 4.78 is 14.7. The van der Waals surface area contributed by atoms with Gasteiger partial charge in [-0.1, -0.05) is 42.8 Å². The number of aromatic nitrogens is 2. The van der Waals surface area contributed by atoms with Gasteiger partial charge in [-0.05, 0) is 63.1 Å². The lowest BCUT2D eigenvalue weighted by Crippen LogP contribution is -2.57. The molecule has 1 aromatic heterocycles. The third kappa shape index (κ3) is 6.32. The van der Waals surface area contributed by atoms with Crippen LogP contribution in [0, 0.1) is 19.7 Å². The summed E-state index contributed by atoms with van der Waals surface area (Å²) in [4.78, 5) is 40.1. The Bertz CT molecular complexity index is 1270. The Morgan fingerprint density at radius 1 is 1.00 bits per heavy atom. The van der Waals surface area contributed by atoms with E-state index in [4.69, 9.17) is 0 Å². The summed E-state index contributed by atoms with van der Waals surface area (Å²) in [6.07, 6.45) is 2.64. The molecule has 0 unspecified atom stereocenters. The zero-order valence-corrected chi connectivity index (χ0v) is 23.1. The smallest absolute Gasteiger partial charge is 0.250 e. The number of rotatable bonds is 9. The molecule has 200 valence electrons. The van der Waals surface area contributed by atoms with Gasteiger partial charge in [-0.3, -0.25) is 9.59 Å². The minimum atomic E-state index is -1.08. The van der Waals surface area contributed by atoms with Crippen molar-refractivity contribution >= 4 is 35.0 Å². The summed E-state index contributed by atoms with van der Waals surface area (Å²) in [5.41, 5.74) is 2.61. The molecule has 0 atom stereocenters. The van der Waals surface area contributed by atoms with Crippen molar-refractivity contribution in [1.82, 2.24) is 14.9 Å². The second-order valence-corrected chi connectivity index (χ2v) is 10.9. The van der Waals surface area contributed by atoms with E-state index in [0.717, 1.165) is 29.9 Å². The van der Waals surface area contributed by atoms with Gasteiger partial charge in [-0.25, -0.2) is 14.4 Å². The highest BCUT2D eigenvalue weighted by molar-refractivity contribution is 7.99. The van der Waals surface area contributed by atoms with E-state index in [-0.39, 0.29) is 24.1 Å². The monoisotopic (exact) mass is 535 g/mol. The van der Waals surface area contributed by atoms with Crippen LogP contribution in [0.25, 0.3) is 0 Å². The topological polar surface area (TPSA) is 78.4 Å². The number of halogens is 1. The first-order chi connectivity index (χ1) is 18.2. The van der Waals surface area contributed by atoms with E-state index in [0.29, 0.717) is 29.2 Å². The summed E-state index contributed by atoms with van der Waals surface area (Å²) in [5.74, 6) is -0.849. The standard InChI is InChI=1S/C29H34FN5O2S/c1-20-17-21(2)32-28(31-20)38-19-26(36)35(18-22-9-5-6-10-25(22)30)29(15-7-8-16-29)27(37)33-23-11-13-24(14-12-23)34(3)4/h5-6,9-14,17H,7-8,15-16,18-19H2,1-4H3,(H,33,37). The van der Waals surface area contributed by atoms with Crippen molar-refractivity contribution in [2.24, 2.45) is 0 Å². The van der Waals surface area contributed by atoms with Gasteiger partial charge in [0.05, 0.1) is 5.75 Å². The number of aryl methyl sites for hydroxylation is 2. The predicted molar refractivity (Wildman–Crippen MR) is 150 cm³/mol. The fourth-order valence-electron chi connectivity index (χ4n) is 4.91. The Morgan fingerprint density at radius 3 is 2.24 bits per heavy atom. The van der Waals surface area contributed by atoms with Gasteiger partial charge in [0.1, 0.15) is 11.4 Å². The van der Waals surface area contributed by atoms with Crippen LogP contribution in [0.5, 0.6) is 0 Å². The molecule has 3 aromatic rings. The fourth-order valence-corrected chi connectivity index (χ4v) is 5.73. The van der Waals surface area contributed by atoms with Crippen molar-refractivity contribution in [3.63, 3.8) is 0 Å². The third-order valence-electron chi connectivity index (χ3n) is 6.89. The van der Waals surface area contributed by atoms with Crippen molar-refractivity contribution < 1.29 is 14.0 Å². The number of benzene rings is 2. The molecule has 1 aliphatic carbocycles. The molecule has 1 N–H and O–H groups in total. The number of thioether (sulfide) groups is 1. The lowest BCUT2D eigenvalue weighted by molar-refractivity contribution is -0.144. The molecule has 9 heteroatoms. The first-order valence-electron chi connectivity index (χ1n) is 12.8. The Labute approximate surface area is 227 Å². The van der Waals surface area contributed by atoms with Gasteiger partial charge in [0, 0.05) is 49.0 Å². The number of nitrogens with zero attached hydrogens (tertiary/aromatic N) is 4. The number of nitrogens with one attached hydrogen (secondary N) is 1. The molecule has 2 amide bonds. The van der Waals surface area contributed by atoms with Gasteiger partial charge in [0.2, 0.25) is 11.8 Å². The molecule has 1 aliphatic rings. The van der Waals surface area contributed by atoms with Gasteiger partial charge < -0.3 is 15.1 Å².